The van der Waals surface area contributed by atoms with E-state index in [1.54, 1.807) is 0 Å². The molecule has 0 spiro atoms. The molecule has 6 nitrogen and oxygen atoms in total. The van der Waals surface area contributed by atoms with Crippen molar-refractivity contribution in [2.24, 2.45) is 0 Å². The Hall–Kier alpha value is -1.92. The third-order valence-electron chi connectivity index (χ3n) is 5.32. The van der Waals surface area contributed by atoms with Crippen LogP contribution in [0.2, 0.25) is 0 Å². The molecular weight excluding hydrogens is 326 g/mol. The molecule has 1 amide bonds. The molecule has 3 rings (SSSR count). The first kappa shape index (κ1) is 18.9. The van der Waals surface area contributed by atoms with Gasteiger partial charge in [0, 0.05) is 26.1 Å². The van der Waals surface area contributed by atoms with Crippen LogP contribution in [-0.2, 0) is 11.2 Å². The summed E-state index contributed by atoms with van der Waals surface area (Å²) < 4.78 is 0. The summed E-state index contributed by atoms with van der Waals surface area (Å²) in [4.78, 5) is 24.8. The first-order valence-corrected chi connectivity index (χ1v) is 9.65. The maximum absolute atomic E-state index is 12.1. The summed E-state index contributed by atoms with van der Waals surface area (Å²) in [6.45, 7) is 9.58. The van der Waals surface area contributed by atoms with E-state index in [4.69, 9.17) is 4.98 Å². The van der Waals surface area contributed by atoms with Crippen molar-refractivity contribution < 1.29 is 4.79 Å². The molecule has 2 aromatic rings. The lowest BCUT2D eigenvalue weighted by Crippen LogP contribution is -2.39. The highest BCUT2D eigenvalue weighted by atomic mass is 16.2. The van der Waals surface area contributed by atoms with Crippen LogP contribution in [0.3, 0.4) is 0 Å². The largest absolute Gasteiger partial charge is 0.355 e. The van der Waals surface area contributed by atoms with Gasteiger partial charge in [0.1, 0.15) is 5.82 Å². The molecule has 1 aromatic carbocycles. The summed E-state index contributed by atoms with van der Waals surface area (Å²) >= 11 is 0. The molecule has 6 heteroatoms. The number of nitrogens with one attached hydrogen (secondary N) is 2. The van der Waals surface area contributed by atoms with E-state index >= 15 is 0 Å². The smallest absolute Gasteiger partial charge is 0.234 e. The summed E-state index contributed by atoms with van der Waals surface area (Å²) in [5.74, 6) is 1.13. The van der Waals surface area contributed by atoms with E-state index in [0.29, 0.717) is 13.1 Å². The third-order valence-corrected chi connectivity index (χ3v) is 5.32. The van der Waals surface area contributed by atoms with Crippen LogP contribution in [-0.4, -0.2) is 72.0 Å². The number of H-pyrrole nitrogens is 1. The number of fused-ring (bicyclic) bond motifs is 1. The molecule has 0 unspecified atom stereocenters. The van der Waals surface area contributed by atoms with Gasteiger partial charge < -0.3 is 15.2 Å². The number of benzene rings is 1. The van der Waals surface area contributed by atoms with E-state index in [2.05, 4.69) is 53.1 Å². The number of aromatic amines is 1. The predicted octanol–water partition coefficient (Wildman–Crippen LogP) is 1.87. The van der Waals surface area contributed by atoms with Crippen LogP contribution in [0.1, 0.15) is 29.8 Å². The fourth-order valence-electron chi connectivity index (χ4n) is 3.48. The Bertz CT molecular complexity index is 754. The van der Waals surface area contributed by atoms with E-state index in [1.807, 2.05) is 0 Å². The van der Waals surface area contributed by atoms with Crippen molar-refractivity contribution >= 4 is 16.9 Å². The summed E-state index contributed by atoms with van der Waals surface area (Å²) in [5, 5.41) is 3.05. The second-order valence-electron chi connectivity index (χ2n) is 7.47. The Kier molecular flexibility index (Phi) is 6.27. The maximum Gasteiger partial charge on any atom is 0.234 e. The van der Waals surface area contributed by atoms with Gasteiger partial charge in [0.2, 0.25) is 5.91 Å². The van der Waals surface area contributed by atoms with Crippen LogP contribution in [0.5, 0.6) is 0 Å². The summed E-state index contributed by atoms with van der Waals surface area (Å²) in [7, 11) is 2.14. The topological polar surface area (TPSA) is 64.3 Å². The molecule has 2 heterocycles. The number of nitrogens with zero attached hydrogens (tertiary/aromatic N) is 3. The average Bonchev–Trinajstić information content (AvgIpc) is 2.93. The van der Waals surface area contributed by atoms with E-state index < -0.39 is 0 Å². The molecule has 0 atom stereocenters. The van der Waals surface area contributed by atoms with Crippen LogP contribution in [0.4, 0.5) is 0 Å². The Morgan fingerprint density at radius 2 is 2.08 bits per heavy atom. The highest BCUT2D eigenvalue weighted by molar-refractivity contribution is 5.80. The lowest BCUT2D eigenvalue weighted by atomic mass is 10.1. The molecule has 1 aliphatic rings. The van der Waals surface area contributed by atoms with Gasteiger partial charge in [-0.25, -0.2) is 4.98 Å². The minimum absolute atomic E-state index is 0.130. The van der Waals surface area contributed by atoms with Crippen LogP contribution >= 0.6 is 0 Å². The fraction of sp³-hybridized carbons (Fsp3) is 0.600. The van der Waals surface area contributed by atoms with Gasteiger partial charge in [-0.15, -0.1) is 0 Å². The van der Waals surface area contributed by atoms with Crippen LogP contribution in [0.25, 0.3) is 11.0 Å². The van der Waals surface area contributed by atoms with Gasteiger partial charge in [0.25, 0.3) is 0 Å². The first-order valence-electron chi connectivity index (χ1n) is 9.65. The van der Waals surface area contributed by atoms with Crippen molar-refractivity contribution in [3.63, 3.8) is 0 Å². The minimum Gasteiger partial charge on any atom is -0.355 e. The molecule has 1 aromatic heterocycles. The molecule has 0 saturated carbocycles. The number of carbonyl (C=O) groups excluding carboxylic acids is 1. The third kappa shape index (κ3) is 4.83. The number of hydrogen-bond acceptors (Lipinski definition) is 4. The van der Waals surface area contributed by atoms with E-state index in [0.717, 1.165) is 62.3 Å². The predicted molar refractivity (Wildman–Crippen MR) is 105 cm³/mol. The fourth-order valence-corrected chi connectivity index (χ4v) is 3.48. The lowest BCUT2D eigenvalue weighted by Gasteiger charge is -2.19. The second-order valence-corrected chi connectivity index (χ2v) is 7.47. The molecule has 0 radical (unpaired) electrons. The molecule has 1 fully saturated rings. The molecule has 0 bridgehead atoms. The summed E-state index contributed by atoms with van der Waals surface area (Å²) in [6.07, 6.45) is 2.88. The number of rotatable bonds is 6. The number of imidazole rings is 1. The van der Waals surface area contributed by atoms with Crippen molar-refractivity contribution in [2.45, 2.75) is 33.1 Å². The molecule has 0 aliphatic carbocycles. The number of aromatic nitrogens is 2. The SMILES string of the molecule is Cc1ccc2[nH]c(CCCNC(=O)CN3CCCN(C)CC3)nc2c1C. The molecule has 142 valence electrons. The zero-order chi connectivity index (χ0) is 18.5. The molecular formula is C20H31N5O. The van der Waals surface area contributed by atoms with E-state index in [1.165, 1.54) is 11.1 Å². The summed E-state index contributed by atoms with van der Waals surface area (Å²) in [6, 6.07) is 4.22. The Morgan fingerprint density at radius 3 is 2.92 bits per heavy atom. The standard InChI is InChI=1S/C20H31N5O/c1-15-7-8-17-20(16(15)2)23-18(22-17)6-4-9-21-19(26)14-25-11-5-10-24(3)12-13-25/h7-8H,4-6,9-14H2,1-3H3,(H,21,26)(H,22,23). The van der Waals surface area contributed by atoms with Crippen molar-refractivity contribution in [3.8, 4) is 0 Å². The van der Waals surface area contributed by atoms with Gasteiger partial charge in [-0.05, 0) is 64.0 Å². The Balaban J connectivity index is 1.41. The molecule has 2 N–H and O–H groups in total. The minimum atomic E-state index is 0.130. The highest BCUT2D eigenvalue weighted by Gasteiger charge is 2.14. The Morgan fingerprint density at radius 1 is 1.23 bits per heavy atom. The van der Waals surface area contributed by atoms with Gasteiger partial charge >= 0.3 is 0 Å². The average molecular weight is 358 g/mol. The van der Waals surface area contributed by atoms with Gasteiger partial charge in [0.05, 0.1) is 17.6 Å². The highest BCUT2D eigenvalue weighted by Crippen LogP contribution is 2.19. The van der Waals surface area contributed by atoms with Gasteiger partial charge in [-0.1, -0.05) is 6.07 Å². The molecule has 26 heavy (non-hydrogen) atoms. The normalized spacial score (nSPS) is 16.7. The second kappa shape index (κ2) is 8.64. The van der Waals surface area contributed by atoms with Crippen molar-refractivity contribution in [2.75, 3.05) is 46.3 Å². The number of carbonyl (C=O) groups is 1. The van der Waals surface area contributed by atoms with Crippen molar-refractivity contribution in [3.05, 3.63) is 29.1 Å². The van der Waals surface area contributed by atoms with Crippen LogP contribution < -0.4 is 5.32 Å². The van der Waals surface area contributed by atoms with Gasteiger partial charge in [-0.2, -0.15) is 0 Å². The quantitative estimate of drug-likeness (QED) is 0.775. The molecule has 1 saturated heterocycles. The summed E-state index contributed by atoms with van der Waals surface area (Å²) in [5.41, 5.74) is 4.66. The maximum atomic E-state index is 12.1. The zero-order valence-electron chi connectivity index (χ0n) is 16.3. The zero-order valence-corrected chi connectivity index (χ0v) is 16.3. The number of amides is 1. The number of hydrogen-bond donors (Lipinski definition) is 2. The van der Waals surface area contributed by atoms with Gasteiger partial charge in [-0.3, -0.25) is 9.69 Å². The first-order chi connectivity index (χ1) is 12.5. The van der Waals surface area contributed by atoms with E-state index in [9.17, 15) is 4.79 Å². The lowest BCUT2D eigenvalue weighted by molar-refractivity contribution is -0.122. The van der Waals surface area contributed by atoms with Crippen LogP contribution in [0.15, 0.2) is 12.1 Å². The number of likely N-dealkylation sites (N-methyl/N-ethyl adjacent to an activating group) is 1. The van der Waals surface area contributed by atoms with Gasteiger partial charge in [0.15, 0.2) is 0 Å². The Labute approximate surface area is 156 Å². The van der Waals surface area contributed by atoms with E-state index in [-0.39, 0.29) is 5.91 Å². The van der Waals surface area contributed by atoms with Crippen molar-refractivity contribution in [1.82, 2.24) is 25.1 Å². The molecule has 1 aliphatic heterocycles. The van der Waals surface area contributed by atoms with Crippen LogP contribution in [0, 0.1) is 13.8 Å². The van der Waals surface area contributed by atoms with Crippen molar-refractivity contribution in [1.29, 1.82) is 0 Å². The monoisotopic (exact) mass is 357 g/mol. The number of aryl methyl sites for hydroxylation is 3.